The molecule has 0 bridgehead atoms. The van der Waals surface area contributed by atoms with E-state index < -0.39 is 10.8 Å². The molecule has 0 atom stereocenters. The van der Waals surface area contributed by atoms with Gasteiger partial charge in [-0.1, -0.05) is 41.4 Å². The van der Waals surface area contributed by atoms with Gasteiger partial charge in [0.25, 0.3) is 5.69 Å². The van der Waals surface area contributed by atoms with E-state index in [-0.39, 0.29) is 5.69 Å². The molecule has 0 spiro atoms. The predicted octanol–water partition coefficient (Wildman–Crippen LogP) is 6.36. The number of nitro benzene ring substituents is 1. The minimum absolute atomic E-state index is 0.0463. The van der Waals surface area contributed by atoms with Crippen LogP contribution in [-0.4, -0.2) is 15.8 Å². The largest absolute Gasteiger partial charge is 0.435 e. The standard InChI is InChI=1S/C22H13Cl2N3O4/c23-15-11-18(24)21-19(12-15)26-22(31-21)14-4-2-5-16(10-14)25-20(28)8-7-13-3-1-6-17(9-13)27(29)30/h1-12H,(H,25,28)/b8-7+. The lowest BCUT2D eigenvalue weighted by molar-refractivity contribution is -0.384. The number of hydrogen-bond acceptors (Lipinski definition) is 5. The van der Waals surface area contributed by atoms with Crippen LogP contribution < -0.4 is 5.32 Å². The maximum atomic E-state index is 12.3. The molecule has 0 radical (unpaired) electrons. The first-order chi connectivity index (χ1) is 14.9. The lowest BCUT2D eigenvalue weighted by Gasteiger charge is -2.03. The zero-order chi connectivity index (χ0) is 22.0. The first-order valence-corrected chi connectivity index (χ1v) is 9.74. The molecule has 0 aliphatic rings. The van der Waals surface area contributed by atoms with Crippen molar-refractivity contribution in [2.24, 2.45) is 0 Å². The first kappa shape index (κ1) is 20.6. The van der Waals surface area contributed by atoms with E-state index in [4.69, 9.17) is 27.6 Å². The second-order valence-electron chi connectivity index (χ2n) is 6.51. The van der Waals surface area contributed by atoms with Gasteiger partial charge >= 0.3 is 0 Å². The second-order valence-corrected chi connectivity index (χ2v) is 7.35. The Balaban J connectivity index is 1.52. The van der Waals surface area contributed by atoms with Gasteiger partial charge in [-0.2, -0.15) is 0 Å². The van der Waals surface area contributed by atoms with Crippen molar-refractivity contribution in [2.45, 2.75) is 0 Å². The highest BCUT2D eigenvalue weighted by molar-refractivity contribution is 6.38. The van der Waals surface area contributed by atoms with Crippen LogP contribution in [0.1, 0.15) is 5.56 Å². The van der Waals surface area contributed by atoms with Crippen molar-refractivity contribution in [1.82, 2.24) is 4.98 Å². The van der Waals surface area contributed by atoms with Crippen LogP contribution in [-0.2, 0) is 4.79 Å². The molecule has 9 heteroatoms. The molecular weight excluding hydrogens is 441 g/mol. The molecule has 0 aliphatic carbocycles. The van der Waals surface area contributed by atoms with Gasteiger partial charge in [-0.25, -0.2) is 4.98 Å². The molecule has 1 aromatic heterocycles. The highest BCUT2D eigenvalue weighted by Crippen LogP contribution is 2.32. The number of anilines is 1. The van der Waals surface area contributed by atoms with Gasteiger partial charge in [0, 0.05) is 34.5 Å². The van der Waals surface area contributed by atoms with Crippen molar-refractivity contribution in [1.29, 1.82) is 0 Å². The molecule has 1 heterocycles. The minimum Gasteiger partial charge on any atom is -0.435 e. The van der Waals surface area contributed by atoms with E-state index in [1.165, 1.54) is 24.3 Å². The topological polar surface area (TPSA) is 98.3 Å². The van der Waals surface area contributed by atoms with E-state index >= 15 is 0 Å². The zero-order valence-electron chi connectivity index (χ0n) is 15.7. The molecule has 4 rings (SSSR count). The number of amides is 1. The molecule has 7 nitrogen and oxygen atoms in total. The Morgan fingerprint density at radius 2 is 1.90 bits per heavy atom. The lowest BCUT2D eigenvalue weighted by atomic mass is 10.2. The Kier molecular flexibility index (Phi) is 5.70. The van der Waals surface area contributed by atoms with Gasteiger partial charge < -0.3 is 9.73 Å². The van der Waals surface area contributed by atoms with Crippen molar-refractivity contribution in [3.05, 3.63) is 92.5 Å². The number of non-ortho nitro benzene ring substituents is 1. The third-order valence-electron chi connectivity index (χ3n) is 4.29. The third-order valence-corrected chi connectivity index (χ3v) is 4.79. The highest BCUT2D eigenvalue weighted by atomic mass is 35.5. The maximum absolute atomic E-state index is 12.3. The van der Waals surface area contributed by atoms with Gasteiger partial charge in [0.1, 0.15) is 5.52 Å². The van der Waals surface area contributed by atoms with Gasteiger partial charge in [0.05, 0.1) is 9.95 Å². The van der Waals surface area contributed by atoms with Crippen LogP contribution in [0.25, 0.3) is 28.6 Å². The fourth-order valence-electron chi connectivity index (χ4n) is 2.91. The maximum Gasteiger partial charge on any atom is 0.270 e. The number of nitrogens with zero attached hydrogens (tertiary/aromatic N) is 2. The summed E-state index contributed by atoms with van der Waals surface area (Å²) in [7, 11) is 0. The Morgan fingerprint density at radius 3 is 2.71 bits per heavy atom. The zero-order valence-corrected chi connectivity index (χ0v) is 17.2. The summed E-state index contributed by atoms with van der Waals surface area (Å²) >= 11 is 12.2. The van der Waals surface area contributed by atoms with E-state index in [9.17, 15) is 14.9 Å². The Morgan fingerprint density at radius 1 is 1.10 bits per heavy atom. The van der Waals surface area contributed by atoms with Gasteiger partial charge in [0.2, 0.25) is 11.8 Å². The number of carbonyl (C=O) groups excluding carboxylic acids is 1. The van der Waals surface area contributed by atoms with Crippen molar-refractivity contribution in [3.8, 4) is 11.5 Å². The second kappa shape index (κ2) is 8.59. The summed E-state index contributed by atoms with van der Waals surface area (Å²) in [6, 6.07) is 16.2. The summed E-state index contributed by atoms with van der Waals surface area (Å²) < 4.78 is 5.75. The van der Waals surface area contributed by atoms with Crippen LogP contribution >= 0.6 is 23.2 Å². The number of benzene rings is 3. The van der Waals surface area contributed by atoms with E-state index in [1.54, 1.807) is 48.5 Å². The molecule has 0 fully saturated rings. The molecule has 0 saturated carbocycles. The van der Waals surface area contributed by atoms with E-state index in [2.05, 4.69) is 10.3 Å². The van der Waals surface area contributed by atoms with Crippen LogP contribution in [0.15, 0.2) is 71.2 Å². The molecule has 31 heavy (non-hydrogen) atoms. The molecule has 1 N–H and O–H groups in total. The Hall–Kier alpha value is -3.68. The SMILES string of the molecule is O=C(/C=C/c1cccc([N+](=O)[O-])c1)Nc1cccc(-c2nc3cc(Cl)cc(Cl)c3o2)c1. The number of fused-ring (bicyclic) bond motifs is 1. The average Bonchev–Trinajstić information content (AvgIpc) is 3.17. The molecule has 154 valence electrons. The number of oxazole rings is 1. The molecule has 0 unspecified atom stereocenters. The van der Waals surface area contributed by atoms with E-state index in [0.29, 0.717) is 43.9 Å². The van der Waals surface area contributed by atoms with Gasteiger partial charge in [-0.15, -0.1) is 0 Å². The van der Waals surface area contributed by atoms with Crippen molar-refractivity contribution < 1.29 is 14.1 Å². The summed E-state index contributed by atoms with van der Waals surface area (Å²) in [4.78, 5) is 27.0. The van der Waals surface area contributed by atoms with Crippen LogP contribution in [0.3, 0.4) is 0 Å². The number of hydrogen-bond donors (Lipinski definition) is 1. The smallest absolute Gasteiger partial charge is 0.270 e. The summed E-state index contributed by atoms with van der Waals surface area (Å²) in [5.41, 5.74) is 2.62. The fourth-order valence-corrected chi connectivity index (χ4v) is 3.43. The summed E-state index contributed by atoms with van der Waals surface area (Å²) in [6.45, 7) is 0. The van der Waals surface area contributed by atoms with Crippen LogP contribution in [0, 0.1) is 10.1 Å². The Labute approximate surface area is 186 Å². The average molecular weight is 454 g/mol. The normalized spacial score (nSPS) is 11.2. The van der Waals surface area contributed by atoms with Gasteiger partial charge in [-0.3, -0.25) is 14.9 Å². The molecule has 1 amide bonds. The number of nitro groups is 1. The number of aromatic nitrogens is 1. The molecule has 3 aromatic carbocycles. The van der Waals surface area contributed by atoms with Crippen LogP contribution in [0.4, 0.5) is 11.4 Å². The van der Waals surface area contributed by atoms with E-state index in [0.717, 1.165) is 0 Å². The van der Waals surface area contributed by atoms with E-state index in [1.807, 2.05) is 0 Å². The van der Waals surface area contributed by atoms with Gasteiger partial charge in [0.15, 0.2) is 5.58 Å². The Bertz CT molecular complexity index is 1350. The number of carbonyl (C=O) groups is 1. The van der Waals surface area contributed by atoms with Gasteiger partial charge in [-0.05, 0) is 42.0 Å². The molecule has 0 saturated heterocycles. The summed E-state index contributed by atoms with van der Waals surface area (Å²) in [5, 5.41) is 14.4. The number of halogens is 2. The lowest BCUT2D eigenvalue weighted by Crippen LogP contribution is -2.07. The summed E-state index contributed by atoms with van der Waals surface area (Å²) in [6.07, 6.45) is 2.80. The highest BCUT2D eigenvalue weighted by Gasteiger charge is 2.13. The molecule has 0 aliphatic heterocycles. The van der Waals surface area contributed by atoms with Crippen molar-refractivity contribution in [3.63, 3.8) is 0 Å². The predicted molar refractivity (Wildman–Crippen MR) is 120 cm³/mol. The van der Waals surface area contributed by atoms with Crippen molar-refractivity contribution >= 4 is 57.7 Å². The fraction of sp³-hybridized carbons (Fsp3) is 0. The van der Waals surface area contributed by atoms with Crippen LogP contribution in [0.5, 0.6) is 0 Å². The monoisotopic (exact) mass is 453 g/mol. The number of nitrogens with one attached hydrogen (secondary N) is 1. The third kappa shape index (κ3) is 4.74. The molecule has 4 aromatic rings. The van der Waals surface area contributed by atoms with Crippen molar-refractivity contribution in [2.75, 3.05) is 5.32 Å². The van der Waals surface area contributed by atoms with Crippen LogP contribution in [0.2, 0.25) is 10.0 Å². The quantitative estimate of drug-likeness (QED) is 0.215. The number of rotatable bonds is 5. The first-order valence-electron chi connectivity index (χ1n) is 8.98. The summed E-state index contributed by atoms with van der Waals surface area (Å²) in [5.74, 6) is -0.0570. The minimum atomic E-state index is -0.490. The molecular formula is C22H13Cl2N3O4.